The number of rotatable bonds is 14. The number of ether oxygens (including phenoxy) is 1. The van der Waals surface area contributed by atoms with Crippen molar-refractivity contribution < 1.29 is 22.7 Å². The third kappa shape index (κ3) is 9.09. The minimum absolute atomic E-state index is 0.0255. The number of sulfonamides is 1. The van der Waals surface area contributed by atoms with E-state index < -0.39 is 28.5 Å². The van der Waals surface area contributed by atoms with Gasteiger partial charge in [0, 0.05) is 30.6 Å². The number of carbonyl (C=O) groups excluding carboxylic acids is 2. The minimum atomic E-state index is -4.20. The van der Waals surface area contributed by atoms with Crippen molar-refractivity contribution in [2.75, 3.05) is 24.5 Å². The van der Waals surface area contributed by atoms with E-state index in [0.717, 1.165) is 9.87 Å². The number of hydrogen-bond acceptors (Lipinski definition) is 5. The highest BCUT2D eigenvalue weighted by atomic mass is 35.5. The van der Waals surface area contributed by atoms with Gasteiger partial charge in [0.05, 0.1) is 17.7 Å². The van der Waals surface area contributed by atoms with Crippen LogP contribution < -0.4 is 14.4 Å². The molecule has 10 heteroatoms. The molecule has 45 heavy (non-hydrogen) atoms. The van der Waals surface area contributed by atoms with Gasteiger partial charge in [-0.15, -0.1) is 0 Å². The first-order chi connectivity index (χ1) is 21.6. The summed E-state index contributed by atoms with van der Waals surface area (Å²) in [5.74, 6) is -0.276. The van der Waals surface area contributed by atoms with E-state index in [4.69, 9.17) is 16.3 Å². The van der Waals surface area contributed by atoms with Gasteiger partial charge in [-0.1, -0.05) is 92.2 Å². The van der Waals surface area contributed by atoms with Gasteiger partial charge in [0.1, 0.15) is 18.3 Å². The van der Waals surface area contributed by atoms with Crippen molar-refractivity contribution >= 4 is 39.1 Å². The fourth-order valence-corrected chi connectivity index (χ4v) is 6.46. The Morgan fingerprint density at radius 1 is 0.844 bits per heavy atom. The molecule has 0 aliphatic heterocycles. The van der Waals surface area contributed by atoms with Gasteiger partial charge >= 0.3 is 0 Å². The number of amides is 2. The van der Waals surface area contributed by atoms with Crippen molar-refractivity contribution in [3.63, 3.8) is 0 Å². The van der Waals surface area contributed by atoms with Crippen molar-refractivity contribution in [1.82, 2.24) is 10.2 Å². The maximum Gasteiger partial charge on any atom is 0.264 e. The van der Waals surface area contributed by atoms with Gasteiger partial charge in [-0.25, -0.2) is 8.42 Å². The van der Waals surface area contributed by atoms with Gasteiger partial charge in [0.25, 0.3) is 10.0 Å². The van der Waals surface area contributed by atoms with E-state index in [0.29, 0.717) is 22.9 Å². The molecule has 0 aromatic heterocycles. The quantitative estimate of drug-likeness (QED) is 0.182. The molecule has 0 spiro atoms. The number of hydrogen-bond donors (Lipinski definition) is 1. The standard InChI is InChI=1S/C35H38ClN3O5S/c1-26(2)23-37-35(41)33(21-27-12-6-4-7-13-27)38(24-28-14-10-15-29(36)20-28)34(40)25-39(30-16-11-17-31(22-30)44-3)45(42,43)32-18-8-5-9-19-32/h4-20,22,26,33H,21,23-25H2,1-3H3,(H,37,41)/t33-/m1/s1. The molecule has 0 bridgehead atoms. The van der Waals surface area contributed by atoms with Crippen LogP contribution in [0.15, 0.2) is 114 Å². The lowest BCUT2D eigenvalue weighted by Crippen LogP contribution is -2.53. The zero-order valence-electron chi connectivity index (χ0n) is 25.6. The second-order valence-corrected chi connectivity index (χ2v) is 13.3. The SMILES string of the molecule is COc1cccc(N(CC(=O)N(Cc2cccc(Cl)c2)[C@H](Cc2ccccc2)C(=O)NCC(C)C)S(=O)(=O)c2ccccc2)c1. The minimum Gasteiger partial charge on any atom is -0.497 e. The molecule has 0 saturated carbocycles. The topological polar surface area (TPSA) is 96.0 Å². The average Bonchev–Trinajstić information content (AvgIpc) is 3.04. The molecule has 1 N–H and O–H groups in total. The fourth-order valence-electron chi connectivity index (χ4n) is 4.82. The highest BCUT2D eigenvalue weighted by Gasteiger charge is 2.34. The molecule has 0 fully saturated rings. The average molecular weight is 648 g/mol. The Labute approximate surface area is 270 Å². The van der Waals surface area contributed by atoms with Gasteiger partial charge in [-0.3, -0.25) is 13.9 Å². The Kier molecular flexibility index (Phi) is 11.6. The number of anilines is 1. The second-order valence-electron chi connectivity index (χ2n) is 11.0. The van der Waals surface area contributed by atoms with E-state index in [9.17, 15) is 18.0 Å². The van der Waals surface area contributed by atoms with E-state index in [2.05, 4.69) is 5.32 Å². The van der Waals surface area contributed by atoms with Crippen LogP contribution in [0.2, 0.25) is 5.02 Å². The monoisotopic (exact) mass is 647 g/mol. The highest BCUT2D eigenvalue weighted by Crippen LogP contribution is 2.28. The van der Waals surface area contributed by atoms with Crippen LogP contribution in [0, 0.1) is 5.92 Å². The van der Waals surface area contributed by atoms with Crippen LogP contribution in [0.25, 0.3) is 0 Å². The smallest absolute Gasteiger partial charge is 0.264 e. The molecule has 4 aromatic carbocycles. The molecule has 0 aliphatic carbocycles. The lowest BCUT2D eigenvalue weighted by Gasteiger charge is -2.34. The van der Waals surface area contributed by atoms with Crippen molar-refractivity contribution in [2.45, 2.75) is 37.8 Å². The Morgan fingerprint density at radius 2 is 1.49 bits per heavy atom. The van der Waals surface area contributed by atoms with Crippen molar-refractivity contribution in [2.24, 2.45) is 5.92 Å². The van der Waals surface area contributed by atoms with Gasteiger partial charge in [-0.2, -0.15) is 0 Å². The van der Waals surface area contributed by atoms with E-state index >= 15 is 0 Å². The van der Waals surface area contributed by atoms with Crippen molar-refractivity contribution in [3.05, 3.63) is 125 Å². The summed E-state index contributed by atoms with van der Waals surface area (Å²) < 4.78 is 34.6. The Hall–Kier alpha value is -4.34. The predicted molar refractivity (Wildman–Crippen MR) is 178 cm³/mol. The third-order valence-electron chi connectivity index (χ3n) is 7.15. The molecule has 1 atom stereocenters. The molecule has 0 aliphatic rings. The van der Waals surface area contributed by atoms with Crippen LogP contribution in [0.1, 0.15) is 25.0 Å². The second kappa shape index (κ2) is 15.6. The van der Waals surface area contributed by atoms with Crippen LogP contribution in [-0.2, 0) is 32.6 Å². The van der Waals surface area contributed by atoms with Crippen molar-refractivity contribution in [3.8, 4) is 5.75 Å². The lowest BCUT2D eigenvalue weighted by molar-refractivity contribution is -0.140. The Morgan fingerprint density at radius 3 is 2.13 bits per heavy atom. The zero-order chi connectivity index (χ0) is 32.4. The maximum absolute atomic E-state index is 14.5. The van der Waals surface area contributed by atoms with Crippen LogP contribution >= 0.6 is 11.6 Å². The van der Waals surface area contributed by atoms with Crippen LogP contribution in [0.4, 0.5) is 5.69 Å². The molecule has 4 rings (SSSR count). The summed E-state index contributed by atoms with van der Waals surface area (Å²) in [7, 11) is -2.72. The molecular weight excluding hydrogens is 610 g/mol. The first-order valence-corrected chi connectivity index (χ1v) is 16.5. The van der Waals surface area contributed by atoms with Gasteiger partial charge in [-0.05, 0) is 53.4 Å². The third-order valence-corrected chi connectivity index (χ3v) is 9.17. The Bertz CT molecular complexity index is 1680. The van der Waals surface area contributed by atoms with E-state index in [1.54, 1.807) is 60.7 Å². The van der Waals surface area contributed by atoms with E-state index in [1.165, 1.54) is 24.1 Å². The summed E-state index contributed by atoms with van der Waals surface area (Å²) in [6.07, 6.45) is 0.224. The number of nitrogens with one attached hydrogen (secondary N) is 1. The summed E-state index contributed by atoms with van der Waals surface area (Å²) in [4.78, 5) is 29.8. The maximum atomic E-state index is 14.5. The highest BCUT2D eigenvalue weighted by molar-refractivity contribution is 7.92. The summed E-state index contributed by atoms with van der Waals surface area (Å²) >= 11 is 6.30. The number of nitrogens with zero attached hydrogens (tertiary/aromatic N) is 2. The molecule has 0 radical (unpaired) electrons. The number of halogens is 1. The molecule has 0 saturated heterocycles. The number of methoxy groups -OCH3 is 1. The molecule has 2 amide bonds. The molecule has 0 heterocycles. The summed E-state index contributed by atoms with van der Waals surface area (Å²) in [5, 5.41) is 3.46. The molecule has 8 nitrogen and oxygen atoms in total. The molecule has 236 valence electrons. The predicted octanol–water partition coefficient (Wildman–Crippen LogP) is 5.96. The van der Waals surface area contributed by atoms with Gasteiger partial charge in [0.15, 0.2) is 0 Å². The Balaban J connectivity index is 1.80. The van der Waals surface area contributed by atoms with Crippen LogP contribution in [-0.4, -0.2) is 51.4 Å². The largest absolute Gasteiger partial charge is 0.497 e. The first-order valence-electron chi connectivity index (χ1n) is 14.7. The molecule has 4 aromatic rings. The number of carbonyl (C=O) groups is 2. The van der Waals surface area contributed by atoms with Gasteiger partial charge < -0.3 is 15.0 Å². The molecule has 0 unspecified atom stereocenters. The summed E-state index contributed by atoms with van der Waals surface area (Å²) in [5.41, 5.74) is 1.80. The van der Waals surface area contributed by atoms with Crippen LogP contribution in [0.5, 0.6) is 5.75 Å². The van der Waals surface area contributed by atoms with E-state index in [1.807, 2.05) is 50.2 Å². The van der Waals surface area contributed by atoms with Crippen molar-refractivity contribution in [1.29, 1.82) is 0 Å². The normalized spacial score (nSPS) is 11.9. The molecular formula is C35H38ClN3O5S. The first kappa shape index (κ1) is 33.6. The van der Waals surface area contributed by atoms with E-state index in [-0.39, 0.29) is 35.4 Å². The lowest BCUT2D eigenvalue weighted by atomic mass is 10.0. The summed E-state index contributed by atoms with van der Waals surface area (Å²) in [6, 6.07) is 30.0. The zero-order valence-corrected chi connectivity index (χ0v) is 27.2. The number of benzene rings is 4. The van der Waals surface area contributed by atoms with Gasteiger partial charge in [0.2, 0.25) is 11.8 Å². The summed E-state index contributed by atoms with van der Waals surface area (Å²) in [6.45, 7) is 3.86. The van der Waals surface area contributed by atoms with Crippen LogP contribution in [0.3, 0.4) is 0 Å². The fraction of sp³-hybridized carbons (Fsp3) is 0.257.